The van der Waals surface area contributed by atoms with Gasteiger partial charge in [-0.25, -0.2) is 0 Å². The molecule has 0 aliphatic rings. The molecule has 0 aliphatic carbocycles. The number of hydrogen-bond donors (Lipinski definition) is 3. The van der Waals surface area contributed by atoms with Gasteiger partial charge in [0.25, 0.3) is 0 Å². The number of aliphatic hydroxyl groups excluding tert-OH is 1. The molecule has 0 heterocycles. The zero-order chi connectivity index (χ0) is 25.0. The first-order chi connectivity index (χ1) is 15.5. The number of hydrogen-bond acceptors (Lipinski definition) is 6. The summed E-state index contributed by atoms with van der Waals surface area (Å²) in [7, 11) is 3.30. The smallest absolute Gasteiger partial charge is 0.226 e. The summed E-state index contributed by atoms with van der Waals surface area (Å²) in [6, 6.07) is 5.51. The Bertz CT molecular complexity index is 714. The molecule has 0 spiro atoms. The standard InChI is InChI=1S/C25H43ClN2O5/c1-17(2)19(14-20(27)21(29)15-28-24(30)25(3,4)16-26)12-18-8-9-22(32-6)23(13-18)33-11-7-10-31-5/h8-9,13,17,19-21,29H,7,10-12,14-16,27H2,1-6H3,(H,28,30)/t19-,20-,21-/m0/s1. The van der Waals surface area contributed by atoms with Crippen LogP contribution in [0.3, 0.4) is 0 Å². The second-order valence-corrected chi connectivity index (χ2v) is 9.85. The van der Waals surface area contributed by atoms with E-state index in [2.05, 4.69) is 19.2 Å². The van der Waals surface area contributed by atoms with Gasteiger partial charge in [-0.3, -0.25) is 4.79 Å². The van der Waals surface area contributed by atoms with Gasteiger partial charge in [0.15, 0.2) is 11.5 Å². The molecule has 1 aromatic carbocycles. The topological polar surface area (TPSA) is 103 Å². The second-order valence-electron chi connectivity index (χ2n) is 9.58. The quantitative estimate of drug-likeness (QED) is 0.244. The monoisotopic (exact) mass is 486 g/mol. The molecule has 33 heavy (non-hydrogen) atoms. The summed E-state index contributed by atoms with van der Waals surface area (Å²) in [6.45, 7) is 9.13. The highest BCUT2D eigenvalue weighted by molar-refractivity contribution is 6.19. The van der Waals surface area contributed by atoms with Crippen molar-refractivity contribution in [3.63, 3.8) is 0 Å². The van der Waals surface area contributed by atoms with Gasteiger partial charge in [0.1, 0.15) is 0 Å². The minimum absolute atomic E-state index is 0.104. The van der Waals surface area contributed by atoms with Gasteiger partial charge in [-0.15, -0.1) is 11.6 Å². The van der Waals surface area contributed by atoms with Crippen LogP contribution < -0.4 is 20.5 Å². The molecule has 0 aromatic heterocycles. The summed E-state index contributed by atoms with van der Waals surface area (Å²) < 4.78 is 16.4. The van der Waals surface area contributed by atoms with Crippen molar-refractivity contribution in [2.75, 3.05) is 39.9 Å². The summed E-state index contributed by atoms with van der Waals surface area (Å²) in [5, 5.41) is 13.3. The van der Waals surface area contributed by atoms with Crippen LogP contribution in [-0.4, -0.2) is 63.0 Å². The van der Waals surface area contributed by atoms with E-state index in [1.807, 2.05) is 18.2 Å². The van der Waals surface area contributed by atoms with E-state index in [0.29, 0.717) is 37.1 Å². The zero-order valence-corrected chi connectivity index (χ0v) is 21.8. The van der Waals surface area contributed by atoms with Crippen LogP contribution in [0.4, 0.5) is 0 Å². The van der Waals surface area contributed by atoms with E-state index < -0.39 is 17.6 Å². The summed E-state index contributed by atoms with van der Waals surface area (Å²) in [6.07, 6.45) is 1.38. The Hall–Kier alpha value is -1.54. The van der Waals surface area contributed by atoms with Crippen molar-refractivity contribution in [1.82, 2.24) is 5.32 Å². The number of rotatable bonds is 16. The molecule has 0 fully saturated rings. The first-order valence-electron chi connectivity index (χ1n) is 11.6. The molecule has 8 heteroatoms. The number of nitrogens with one attached hydrogen (secondary N) is 1. The minimum Gasteiger partial charge on any atom is -0.493 e. The van der Waals surface area contributed by atoms with Crippen LogP contribution in [0.1, 0.15) is 46.1 Å². The number of amides is 1. The number of methoxy groups -OCH3 is 2. The van der Waals surface area contributed by atoms with Gasteiger partial charge in [0, 0.05) is 38.6 Å². The number of aliphatic hydroxyl groups is 1. The fourth-order valence-electron chi connectivity index (χ4n) is 3.40. The number of carbonyl (C=O) groups is 1. The van der Waals surface area contributed by atoms with Crippen molar-refractivity contribution < 1.29 is 24.1 Å². The van der Waals surface area contributed by atoms with Gasteiger partial charge in [0.05, 0.1) is 25.2 Å². The lowest BCUT2D eigenvalue weighted by Gasteiger charge is -2.28. The van der Waals surface area contributed by atoms with Gasteiger partial charge in [-0.05, 0) is 56.2 Å². The van der Waals surface area contributed by atoms with Gasteiger partial charge in [0.2, 0.25) is 5.91 Å². The molecular weight excluding hydrogens is 444 g/mol. The first kappa shape index (κ1) is 29.5. The summed E-state index contributed by atoms with van der Waals surface area (Å²) in [5.41, 5.74) is 6.75. The van der Waals surface area contributed by atoms with Crippen LogP contribution in [0.25, 0.3) is 0 Å². The van der Waals surface area contributed by atoms with E-state index in [0.717, 1.165) is 18.4 Å². The van der Waals surface area contributed by atoms with E-state index in [4.69, 9.17) is 31.5 Å². The first-order valence-corrected chi connectivity index (χ1v) is 12.2. The lowest BCUT2D eigenvalue weighted by Crippen LogP contribution is -2.47. The van der Waals surface area contributed by atoms with E-state index in [9.17, 15) is 9.90 Å². The Morgan fingerprint density at radius 1 is 1.21 bits per heavy atom. The highest BCUT2D eigenvalue weighted by atomic mass is 35.5. The predicted octanol–water partition coefficient (Wildman–Crippen LogP) is 3.38. The number of ether oxygens (including phenoxy) is 3. The average Bonchev–Trinajstić information content (AvgIpc) is 2.79. The van der Waals surface area contributed by atoms with Crippen LogP contribution in [0, 0.1) is 17.3 Å². The Morgan fingerprint density at radius 2 is 1.91 bits per heavy atom. The molecule has 4 N–H and O–H groups in total. The highest BCUT2D eigenvalue weighted by Crippen LogP contribution is 2.31. The van der Waals surface area contributed by atoms with Crippen molar-refractivity contribution in [2.45, 2.75) is 59.1 Å². The lowest BCUT2D eigenvalue weighted by atomic mass is 9.83. The molecule has 0 saturated carbocycles. The molecule has 1 rings (SSSR count). The molecule has 0 unspecified atom stereocenters. The Kier molecular flexibility index (Phi) is 13.1. The maximum atomic E-state index is 12.2. The van der Waals surface area contributed by atoms with Crippen molar-refractivity contribution in [3.05, 3.63) is 23.8 Å². The molecule has 3 atom stereocenters. The van der Waals surface area contributed by atoms with Gasteiger partial charge in [-0.1, -0.05) is 19.9 Å². The van der Waals surface area contributed by atoms with Crippen LogP contribution in [0.2, 0.25) is 0 Å². The molecule has 7 nitrogen and oxygen atoms in total. The van der Waals surface area contributed by atoms with Crippen molar-refractivity contribution in [1.29, 1.82) is 0 Å². The zero-order valence-electron chi connectivity index (χ0n) is 21.0. The Balaban J connectivity index is 2.76. The fourth-order valence-corrected chi connectivity index (χ4v) is 3.52. The van der Waals surface area contributed by atoms with E-state index in [-0.39, 0.29) is 24.2 Å². The number of nitrogens with two attached hydrogens (primary N) is 1. The Morgan fingerprint density at radius 3 is 2.48 bits per heavy atom. The summed E-state index contributed by atoms with van der Waals surface area (Å²) in [5.74, 6) is 2.03. The maximum absolute atomic E-state index is 12.2. The van der Waals surface area contributed by atoms with Crippen LogP contribution in [0.15, 0.2) is 18.2 Å². The highest BCUT2D eigenvalue weighted by Gasteiger charge is 2.28. The molecule has 1 aromatic rings. The number of benzene rings is 1. The van der Waals surface area contributed by atoms with Gasteiger partial charge in [-0.2, -0.15) is 0 Å². The third-order valence-electron chi connectivity index (χ3n) is 5.91. The molecule has 1 amide bonds. The molecule has 0 radical (unpaired) electrons. The number of alkyl halides is 1. The second kappa shape index (κ2) is 14.7. The number of halogens is 1. The van der Waals surface area contributed by atoms with Crippen molar-refractivity contribution in [3.8, 4) is 11.5 Å². The normalized spacial score (nSPS) is 14.6. The SMILES string of the molecule is COCCCOc1cc(C[C@@H](C[C@H](N)[C@@H](O)CNC(=O)C(C)(C)CCl)C(C)C)ccc1OC. The van der Waals surface area contributed by atoms with E-state index in [1.54, 1.807) is 28.1 Å². The van der Waals surface area contributed by atoms with Crippen molar-refractivity contribution >= 4 is 17.5 Å². The van der Waals surface area contributed by atoms with Gasteiger partial charge >= 0.3 is 0 Å². The summed E-state index contributed by atoms with van der Waals surface area (Å²) >= 11 is 5.85. The van der Waals surface area contributed by atoms with Crippen LogP contribution in [-0.2, 0) is 16.0 Å². The third-order valence-corrected chi connectivity index (χ3v) is 6.58. The van der Waals surface area contributed by atoms with E-state index >= 15 is 0 Å². The molecule has 0 bridgehead atoms. The maximum Gasteiger partial charge on any atom is 0.226 e. The number of carbonyl (C=O) groups excluding carboxylic acids is 1. The lowest BCUT2D eigenvalue weighted by molar-refractivity contribution is -0.128. The van der Waals surface area contributed by atoms with Crippen LogP contribution >= 0.6 is 11.6 Å². The van der Waals surface area contributed by atoms with Crippen molar-refractivity contribution in [2.24, 2.45) is 23.0 Å². The fraction of sp³-hybridized carbons (Fsp3) is 0.720. The minimum atomic E-state index is -0.836. The molecule has 190 valence electrons. The van der Waals surface area contributed by atoms with Crippen LogP contribution in [0.5, 0.6) is 11.5 Å². The largest absolute Gasteiger partial charge is 0.493 e. The predicted molar refractivity (Wildman–Crippen MR) is 133 cm³/mol. The molecule has 0 aliphatic heterocycles. The molecular formula is C25H43ClN2O5. The average molecular weight is 487 g/mol. The summed E-state index contributed by atoms with van der Waals surface area (Å²) in [4.78, 5) is 12.2. The van der Waals surface area contributed by atoms with E-state index in [1.165, 1.54) is 0 Å². The molecule has 0 saturated heterocycles. The third kappa shape index (κ3) is 10.1. The van der Waals surface area contributed by atoms with Gasteiger partial charge < -0.3 is 30.4 Å². The Labute approximate surface area is 204 Å².